The predicted molar refractivity (Wildman–Crippen MR) is 67.7 cm³/mol. The Kier molecular flexibility index (Phi) is 3.75. The first-order valence-corrected chi connectivity index (χ1v) is 5.61. The monoisotopic (exact) mass is 261 g/mol. The first-order valence-electron chi connectivity index (χ1n) is 5.23. The van der Waals surface area contributed by atoms with Crippen molar-refractivity contribution in [1.29, 1.82) is 5.26 Å². The Morgan fingerprint density at radius 1 is 1.33 bits per heavy atom. The summed E-state index contributed by atoms with van der Waals surface area (Å²) in [4.78, 5) is 3.86. The molecule has 0 saturated carbocycles. The molecule has 0 saturated heterocycles. The molecule has 0 fully saturated rings. The summed E-state index contributed by atoms with van der Waals surface area (Å²) >= 11 is 5.79. The summed E-state index contributed by atoms with van der Waals surface area (Å²) in [5, 5.41) is 12.1. The zero-order valence-corrected chi connectivity index (χ0v) is 10.1. The number of hydrogen-bond acceptors (Lipinski definition) is 3. The van der Waals surface area contributed by atoms with E-state index in [4.69, 9.17) is 16.9 Å². The number of halogens is 2. The van der Waals surface area contributed by atoms with E-state index >= 15 is 0 Å². The van der Waals surface area contributed by atoms with Crippen LogP contribution < -0.4 is 5.32 Å². The zero-order chi connectivity index (χ0) is 13.0. The number of pyridine rings is 1. The zero-order valence-electron chi connectivity index (χ0n) is 9.32. The van der Waals surface area contributed by atoms with Crippen LogP contribution in [0.25, 0.3) is 0 Å². The Morgan fingerprint density at radius 2 is 2.17 bits per heavy atom. The molecule has 1 aromatic carbocycles. The van der Waals surface area contributed by atoms with Crippen LogP contribution in [0.15, 0.2) is 36.5 Å². The molecule has 1 heterocycles. The van der Waals surface area contributed by atoms with Crippen LogP contribution >= 0.6 is 11.6 Å². The number of benzene rings is 1. The minimum atomic E-state index is -0.367. The maximum absolute atomic E-state index is 13.4. The number of nitriles is 1. The second-order valence-corrected chi connectivity index (χ2v) is 4.08. The normalized spacial score (nSPS) is 9.83. The Bertz CT molecular complexity index is 607. The highest BCUT2D eigenvalue weighted by molar-refractivity contribution is 6.30. The highest BCUT2D eigenvalue weighted by atomic mass is 35.5. The molecular formula is C13H9ClFN3. The number of aromatic nitrogens is 1. The van der Waals surface area contributed by atoms with E-state index in [0.717, 1.165) is 5.56 Å². The maximum Gasteiger partial charge on any atom is 0.146 e. The summed E-state index contributed by atoms with van der Waals surface area (Å²) in [6.07, 6.45) is 1.55. The lowest BCUT2D eigenvalue weighted by Crippen LogP contribution is -2.02. The van der Waals surface area contributed by atoms with E-state index in [1.54, 1.807) is 18.3 Å². The van der Waals surface area contributed by atoms with Crippen LogP contribution in [0.4, 0.5) is 10.1 Å². The van der Waals surface area contributed by atoms with E-state index in [1.165, 1.54) is 18.2 Å². The molecule has 1 N–H and O–H groups in total. The lowest BCUT2D eigenvalue weighted by molar-refractivity contribution is 0.630. The van der Waals surface area contributed by atoms with Crippen molar-refractivity contribution in [1.82, 2.24) is 4.98 Å². The average Bonchev–Trinajstić information content (AvgIpc) is 2.40. The van der Waals surface area contributed by atoms with E-state index in [0.29, 0.717) is 22.9 Å². The summed E-state index contributed by atoms with van der Waals surface area (Å²) in [6.45, 7) is 0.397. The molecule has 0 radical (unpaired) electrons. The van der Waals surface area contributed by atoms with Gasteiger partial charge in [-0.1, -0.05) is 11.6 Å². The molecule has 2 rings (SSSR count). The molecule has 2 aromatic rings. The molecule has 0 aliphatic rings. The van der Waals surface area contributed by atoms with Crippen molar-refractivity contribution in [2.75, 3.05) is 5.32 Å². The molecule has 18 heavy (non-hydrogen) atoms. The number of hydrogen-bond donors (Lipinski definition) is 1. The van der Waals surface area contributed by atoms with Crippen molar-refractivity contribution in [2.45, 2.75) is 6.54 Å². The van der Waals surface area contributed by atoms with Crippen LogP contribution in [0.3, 0.4) is 0 Å². The topological polar surface area (TPSA) is 48.7 Å². The molecule has 90 valence electrons. The Balaban J connectivity index is 2.11. The highest BCUT2D eigenvalue weighted by Crippen LogP contribution is 2.20. The van der Waals surface area contributed by atoms with Crippen LogP contribution in [0.1, 0.15) is 11.3 Å². The number of anilines is 1. The molecule has 0 aliphatic heterocycles. The van der Waals surface area contributed by atoms with Gasteiger partial charge in [0.25, 0.3) is 0 Å². The fourth-order valence-corrected chi connectivity index (χ4v) is 1.65. The van der Waals surface area contributed by atoms with Gasteiger partial charge in [0.15, 0.2) is 0 Å². The summed E-state index contributed by atoms with van der Waals surface area (Å²) < 4.78 is 13.4. The van der Waals surface area contributed by atoms with Crippen molar-refractivity contribution >= 4 is 17.3 Å². The lowest BCUT2D eigenvalue weighted by Gasteiger charge is -2.08. The molecule has 0 aliphatic carbocycles. The van der Waals surface area contributed by atoms with Crippen LogP contribution in [-0.2, 0) is 6.54 Å². The van der Waals surface area contributed by atoms with Gasteiger partial charge in [-0.3, -0.25) is 0 Å². The van der Waals surface area contributed by atoms with Crippen molar-refractivity contribution in [3.05, 3.63) is 58.6 Å². The fraction of sp³-hybridized carbons (Fsp3) is 0.0769. The van der Waals surface area contributed by atoms with Gasteiger partial charge >= 0.3 is 0 Å². The summed E-state index contributed by atoms with van der Waals surface area (Å²) in [5.74, 6) is -0.367. The number of nitrogens with zero attached hydrogens (tertiary/aromatic N) is 2. The third kappa shape index (κ3) is 2.96. The van der Waals surface area contributed by atoms with Crippen LogP contribution in [-0.4, -0.2) is 4.98 Å². The van der Waals surface area contributed by atoms with Crippen molar-refractivity contribution < 1.29 is 4.39 Å². The van der Waals surface area contributed by atoms with Gasteiger partial charge in [0, 0.05) is 17.8 Å². The van der Waals surface area contributed by atoms with Gasteiger partial charge < -0.3 is 5.32 Å². The number of rotatable bonds is 3. The Hall–Kier alpha value is -2.12. The first-order chi connectivity index (χ1) is 8.69. The molecule has 5 heteroatoms. The van der Waals surface area contributed by atoms with Crippen LogP contribution in [0.2, 0.25) is 5.02 Å². The van der Waals surface area contributed by atoms with E-state index in [1.807, 2.05) is 6.07 Å². The smallest absolute Gasteiger partial charge is 0.146 e. The third-order valence-electron chi connectivity index (χ3n) is 2.35. The summed E-state index contributed by atoms with van der Waals surface area (Å²) in [6, 6.07) is 9.67. The Morgan fingerprint density at radius 3 is 2.94 bits per heavy atom. The molecule has 0 unspecified atom stereocenters. The second-order valence-electron chi connectivity index (χ2n) is 3.64. The molecule has 1 aromatic heterocycles. The first kappa shape index (κ1) is 12.3. The van der Waals surface area contributed by atoms with E-state index in [9.17, 15) is 4.39 Å². The van der Waals surface area contributed by atoms with Gasteiger partial charge in [0.05, 0.1) is 5.69 Å². The van der Waals surface area contributed by atoms with Gasteiger partial charge in [-0.15, -0.1) is 0 Å². The quantitative estimate of drug-likeness (QED) is 0.922. The summed E-state index contributed by atoms with van der Waals surface area (Å²) in [5.41, 5.74) is 1.51. The van der Waals surface area contributed by atoms with E-state index in [-0.39, 0.29) is 5.82 Å². The predicted octanol–water partition coefficient (Wildman–Crippen LogP) is 3.36. The van der Waals surface area contributed by atoms with Gasteiger partial charge in [-0.05, 0) is 35.9 Å². The largest absolute Gasteiger partial charge is 0.379 e. The lowest BCUT2D eigenvalue weighted by atomic mass is 10.2. The molecule has 0 bridgehead atoms. The van der Waals surface area contributed by atoms with Crippen molar-refractivity contribution in [2.24, 2.45) is 0 Å². The number of nitrogens with one attached hydrogen (secondary N) is 1. The second kappa shape index (κ2) is 5.48. The van der Waals surface area contributed by atoms with Crippen molar-refractivity contribution in [3.8, 4) is 6.07 Å². The third-order valence-corrected chi connectivity index (χ3v) is 2.59. The van der Waals surface area contributed by atoms with Crippen molar-refractivity contribution in [3.63, 3.8) is 0 Å². The maximum atomic E-state index is 13.4. The fourth-order valence-electron chi connectivity index (χ4n) is 1.48. The van der Waals surface area contributed by atoms with Crippen LogP contribution in [0, 0.1) is 17.1 Å². The Labute approximate surface area is 109 Å². The van der Waals surface area contributed by atoms with Gasteiger partial charge in [0.1, 0.15) is 17.6 Å². The summed E-state index contributed by atoms with van der Waals surface area (Å²) in [7, 11) is 0. The minimum absolute atomic E-state index is 0.331. The molecule has 0 atom stereocenters. The van der Waals surface area contributed by atoms with E-state index < -0.39 is 0 Å². The van der Waals surface area contributed by atoms with Gasteiger partial charge in [-0.2, -0.15) is 5.26 Å². The average molecular weight is 262 g/mol. The van der Waals surface area contributed by atoms with Gasteiger partial charge in [0.2, 0.25) is 0 Å². The highest BCUT2D eigenvalue weighted by Gasteiger charge is 2.03. The van der Waals surface area contributed by atoms with Gasteiger partial charge in [-0.25, -0.2) is 9.37 Å². The molecular weight excluding hydrogens is 253 g/mol. The van der Waals surface area contributed by atoms with Crippen LogP contribution in [0.5, 0.6) is 0 Å². The molecule has 3 nitrogen and oxygen atoms in total. The molecule has 0 spiro atoms. The molecule has 0 amide bonds. The minimum Gasteiger partial charge on any atom is -0.379 e. The standard InChI is InChI=1S/C13H9ClFN3/c14-10-1-2-12(15)13(6-10)18-8-9-3-4-17-11(5-9)7-16/h1-6,18H,8H2. The van der Waals surface area contributed by atoms with E-state index in [2.05, 4.69) is 10.3 Å². The SMILES string of the molecule is N#Cc1cc(CNc2cc(Cl)ccc2F)ccn1.